The van der Waals surface area contributed by atoms with Crippen LogP contribution in [0.15, 0.2) is 0 Å². The normalized spacial score (nSPS) is 25.5. The van der Waals surface area contributed by atoms with Crippen LogP contribution in [0, 0.1) is 5.92 Å². The van der Waals surface area contributed by atoms with Gasteiger partial charge in [0.05, 0.1) is 5.75 Å². The second-order valence-corrected chi connectivity index (χ2v) is 7.72. The molecule has 0 spiro atoms. The van der Waals surface area contributed by atoms with Crippen LogP contribution in [0.4, 0.5) is 0 Å². The van der Waals surface area contributed by atoms with E-state index < -0.39 is 21.9 Å². The molecule has 20 heavy (non-hydrogen) atoms. The fraction of sp³-hybridized carbons (Fsp3) is 0.846. The topological polar surface area (TPSA) is 83.6 Å². The molecule has 0 aromatic rings. The summed E-state index contributed by atoms with van der Waals surface area (Å²) in [6.45, 7) is 5.75. The zero-order valence-corrected chi connectivity index (χ0v) is 13.4. The summed E-state index contributed by atoms with van der Waals surface area (Å²) in [5, 5.41) is 2.73. The number of carbonyl (C=O) groups is 2. The zero-order valence-electron chi connectivity index (χ0n) is 12.5. The van der Waals surface area contributed by atoms with Crippen LogP contribution in [0.3, 0.4) is 0 Å². The molecule has 1 aliphatic heterocycles. The van der Waals surface area contributed by atoms with E-state index >= 15 is 0 Å². The summed E-state index contributed by atoms with van der Waals surface area (Å²) in [6, 6.07) is -1.11. The van der Waals surface area contributed by atoms with Gasteiger partial charge in [-0.05, 0) is 12.3 Å². The molecule has 0 aromatic heterocycles. The summed E-state index contributed by atoms with van der Waals surface area (Å²) in [5.41, 5.74) is 0. The summed E-state index contributed by atoms with van der Waals surface area (Å²) in [5.74, 6) is -0.480. The van der Waals surface area contributed by atoms with Crippen molar-refractivity contribution in [2.75, 3.05) is 18.6 Å². The lowest BCUT2D eigenvalue weighted by molar-refractivity contribution is -0.151. The van der Waals surface area contributed by atoms with E-state index in [0.29, 0.717) is 6.42 Å². The van der Waals surface area contributed by atoms with Crippen molar-refractivity contribution in [2.24, 2.45) is 5.92 Å². The van der Waals surface area contributed by atoms with Crippen LogP contribution in [0.5, 0.6) is 0 Å². The molecule has 1 N–H and O–H groups in total. The first-order chi connectivity index (χ1) is 9.21. The Hall–Kier alpha value is -1.11. The highest BCUT2D eigenvalue weighted by Crippen LogP contribution is 2.21. The molecule has 0 bridgehead atoms. The van der Waals surface area contributed by atoms with Crippen molar-refractivity contribution in [2.45, 2.75) is 45.7 Å². The van der Waals surface area contributed by atoms with Crippen molar-refractivity contribution in [1.82, 2.24) is 10.2 Å². The number of amides is 2. The third kappa shape index (κ3) is 3.94. The van der Waals surface area contributed by atoms with Crippen LogP contribution in [-0.4, -0.2) is 55.8 Å². The van der Waals surface area contributed by atoms with Crippen LogP contribution in [0.25, 0.3) is 0 Å². The van der Waals surface area contributed by atoms with Crippen LogP contribution in [-0.2, 0) is 19.4 Å². The van der Waals surface area contributed by atoms with Crippen LogP contribution >= 0.6 is 0 Å². The van der Waals surface area contributed by atoms with Gasteiger partial charge in [0.1, 0.15) is 21.9 Å². The highest BCUT2D eigenvalue weighted by atomic mass is 32.2. The largest absolute Gasteiger partial charge is 0.343 e. The summed E-state index contributed by atoms with van der Waals surface area (Å²) in [6.07, 6.45) is 2.39. The van der Waals surface area contributed by atoms with Gasteiger partial charge >= 0.3 is 0 Å². The van der Waals surface area contributed by atoms with Gasteiger partial charge < -0.3 is 10.2 Å². The third-order valence-corrected chi connectivity index (χ3v) is 4.72. The fourth-order valence-electron chi connectivity index (χ4n) is 2.38. The number of nitrogens with one attached hydrogen (secondary N) is 1. The van der Waals surface area contributed by atoms with E-state index in [2.05, 4.69) is 5.32 Å². The predicted octanol–water partition coefficient (Wildman–Crippen LogP) is 0.183. The first kappa shape index (κ1) is 16.9. The Kier molecular flexibility index (Phi) is 5.56. The summed E-state index contributed by atoms with van der Waals surface area (Å²) >= 11 is 0. The van der Waals surface area contributed by atoms with Gasteiger partial charge in [0.25, 0.3) is 0 Å². The van der Waals surface area contributed by atoms with Gasteiger partial charge in [-0.25, -0.2) is 8.42 Å². The molecule has 1 saturated heterocycles. The van der Waals surface area contributed by atoms with E-state index in [0.717, 1.165) is 12.7 Å². The zero-order chi connectivity index (χ0) is 15.5. The summed E-state index contributed by atoms with van der Waals surface area (Å²) in [7, 11) is -3.17. The predicted molar refractivity (Wildman–Crippen MR) is 76.9 cm³/mol. The van der Waals surface area contributed by atoms with Gasteiger partial charge in [-0.2, -0.15) is 0 Å². The van der Waals surface area contributed by atoms with Crippen molar-refractivity contribution < 1.29 is 18.0 Å². The Balaban J connectivity index is 2.99. The maximum absolute atomic E-state index is 12.4. The number of nitrogens with zero attached hydrogens (tertiary/aromatic N) is 1. The molecule has 2 amide bonds. The maximum atomic E-state index is 12.4. The number of rotatable bonds is 6. The molecule has 1 aliphatic rings. The Labute approximate surface area is 120 Å². The lowest BCUT2D eigenvalue weighted by Crippen LogP contribution is -2.65. The molecule has 3 atom stereocenters. The average molecular weight is 304 g/mol. The molecule has 1 fully saturated rings. The van der Waals surface area contributed by atoms with Crippen molar-refractivity contribution in [3.8, 4) is 0 Å². The quantitative estimate of drug-likeness (QED) is 0.759. The van der Waals surface area contributed by atoms with Gasteiger partial charge in [0.2, 0.25) is 11.8 Å². The van der Waals surface area contributed by atoms with Crippen molar-refractivity contribution in [3.63, 3.8) is 0 Å². The number of piperazine rings is 1. The average Bonchev–Trinajstić information content (AvgIpc) is 2.37. The Morgan fingerprint density at radius 1 is 1.30 bits per heavy atom. The maximum Gasteiger partial charge on any atom is 0.245 e. The lowest BCUT2D eigenvalue weighted by Gasteiger charge is -2.41. The van der Waals surface area contributed by atoms with E-state index in [-0.39, 0.29) is 30.0 Å². The molecule has 1 rings (SSSR count). The standard InChI is InChI=1S/C13H24N2O4S/c1-5-9(3)11-12(16)14-10(6-2)13(17)15(11)7-8-20(4,18)19/h9-11H,5-8H2,1-4H3,(H,14,16). The van der Waals surface area contributed by atoms with Crippen LogP contribution < -0.4 is 5.32 Å². The molecule has 0 saturated carbocycles. The van der Waals surface area contributed by atoms with E-state index in [4.69, 9.17) is 0 Å². The number of sulfone groups is 1. The number of hydrogen-bond acceptors (Lipinski definition) is 4. The Bertz CT molecular complexity index is 475. The van der Waals surface area contributed by atoms with Crippen LogP contribution in [0.2, 0.25) is 0 Å². The fourth-order valence-corrected chi connectivity index (χ4v) is 2.90. The van der Waals surface area contributed by atoms with Gasteiger partial charge in [0, 0.05) is 12.8 Å². The molecule has 3 unspecified atom stereocenters. The molecule has 1 heterocycles. The van der Waals surface area contributed by atoms with Crippen molar-refractivity contribution in [3.05, 3.63) is 0 Å². The van der Waals surface area contributed by atoms with Crippen molar-refractivity contribution in [1.29, 1.82) is 0 Å². The smallest absolute Gasteiger partial charge is 0.245 e. The van der Waals surface area contributed by atoms with Gasteiger partial charge in [-0.1, -0.05) is 27.2 Å². The molecule has 0 aliphatic carbocycles. The molecule has 6 nitrogen and oxygen atoms in total. The highest BCUT2D eigenvalue weighted by molar-refractivity contribution is 7.90. The monoisotopic (exact) mass is 304 g/mol. The minimum Gasteiger partial charge on any atom is -0.343 e. The van der Waals surface area contributed by atoms with E-state index in [1.54, 1.807) is 0 Å². The van der Waals surface area contributed by atoms with Gasteiger partial charge in [-0.3, -0.25) is 9.59 Å². The van der Waals surface area contributed by atoms with Crippen molar-refractivity contribution >= 4 is 21.7 Å². The second kappa shape index (κ2) is 6.56. The van der Waals surface area contributed by atoms with Crippen LogP contribution in [0.1, 0.15) is 33.6 Å². The molecular weight excluding hydrogens is 280 g/mol. The number of carbonyl (C=O) groups excluding carboxylic acids is 2. The SMILES string of the molecule is CCC1NC(=O)C(C(C)CC)N(CCS(C)(=O)=O)C1=O. The molecule has 0 radical (unpaired) electrons. The summed E-state index contributed by atoms with van der Waals surface area (Å²) < 4.78 is 22.6. The Morgan fingerprint density at radius 2 is 1.90 bits per heavy atom. The third-order valence-electron chi connectivity index (χ3n) is 3.80. The van der Waals surface area contributed by atoms with Gasteiger partial charge in [0.15, 0.2) is 0 Å². The summed E-state index contributed by atoms with van der Waals surface area (Å²) in [4.78, 5) is 26.0. The molecule has 116 valence electrons. The molecule has 0 aromatic carbocycles. The first-order valence-electron chi connectivity index (χ1n) is 6.99. The number of hydrogen-bond donors (Lipinski definition) is 1. The van der Waals surface area contributed by atoms with E-state index in [1.807, 2.05) is 20.8 Å². The minimum atomic E-state index is -3.17. The van der Waals surface area contributed by atoms with Gasteiger partial charge in [-0.15, -0.1) is 0 Å². The highest BCUT2D eigenvalue weighted by Gasteiger charge is 2.41. The van der Waals surface area contributed by atoms with E-state index in [1.165, 1.54) is 4.90 Å². The van der Waals surface area contributed by atoms with E-state index in [9.17, 15) is 18.0 Å². The first-order valence-corrected chi connectivity index (χ1v) is 9.05. The molecular formula is C13H24N2O4S. The Morgan fingerprint density at radius 3 is 2.35 bits per heavy atom. The lowest BCUT2D eigenvalue weighted by atomic mass is 9.93. The minimum absolute atomic E-state index is 0.00341. The second-order valence-electron chi connectivity index (χ2n) is 5.46. The molecule has 7 heteroatoms.